The highest BCUT2D eigenvalue weighted by atomic mass is 19.4. The number of rotatable bonds is 4. The SMILES string of the molecule is CC(CC(=O)N1CCC(NC(=O)OC(C)(C)C)CC1)c1ccc(C(F)(F)F)cc1. The molecule has 0 bridgehead atoms. The molecule has 1 N–H and O–H groups in total. The van der Waals surface area contributed by atoms with E-state index in [1.807, 2.05) is 6.92 Å². The van der Waals surface area contributed by atoms with Crippen LogP contribution in [-0.4, -0.2) is 41.6 Å². The van der Waals surface area contributed by atoms with Crippen LogP contribution in [0.25, 0.3) is 0 Å². The maximum atomic E-state index is 12.7. The molecule has 2 rings (SSSR count). The lowest BCUT2D eigenvalue weighted by atomic mass is 9.95. The van der Waals surface area contributed by atoms with Gasteiger partial charge in [-0.05, 0) is 57.2 Å². The molecule has 1 atom stereocenters. The molecule has 0 spiro atoms. The minimum absolute atomic E-state index is 0.0342. The van der Waals surface area contributed by atoms with Gasteiger partial charge in [0, 0.05) is 25.6 Å². The second-order valence-corrected chi connectivity index (χ2v) is 8.53. The zero-order valence-corrected chi connectivity index (χ0v) is 17.3. The highest BCUT2D eigenvalue weighted by Crippen LogP contribution is 2.31. The van der Waals surface area contributed by atoms with E-state index in [-0.39, 0.29) is 24.3 Å². The van der Waals surface area contributed by atoms with E-state index in [1.54, 1.807) is 25.7 Å². The van der Waals surface area contributed by atoms with Crippen LogP contribution in [0.4, 0.5) is 18.0 Å². The largest absolute Gasteiger partial charge is 0.444 e. The summed E-state index contributed by atoms with van der Waals surface area (Å²) in [7, 11) is 0. The van der Waals surface area contributed by atoms with E-state index in [1.165, 1.54) is 12.1 Å². The Hall–Kier alpha value is -2.25. The number of benzene rings is 1. The van der Waals surface area contributed by atoms with Crippen molar-refractivity contribution in [2.24, 2.45) is 0 Å². The van der Waals surface area contributed by atoms with Gasteiger partial charge in [-0.2, -0.15) is 13.2 Å². The minimum Gasteiger partial charge on any atom is -0.444 e. The highest BCUT2D eigenvalue weighted by Gasteiger charge is 2.30. The number of piperidine rings is 1. The van der Waals surface area contributed by atoms with Crippen molar-refractivity contribution in [2.45, 2.75) is 70.7 Å². The highest BCUT2D eigenvalue weighted by molar-refractivity contribution is 5.77. The molecule has 1 heterocycles. The number of nitrogens with one attached hydrogen (secondary N) is 1. The number of ether oxygens (including phenoxy) is 1. The van der Waals surface area contributed by atoms with Crippen molar-refractivity contribution in [3.63, 3.8) is 0 Å². The number of carbonyl (C=O) groups is 2. The number of alkyl carbamates (subject to hydrolysis) is 1. The molecule has 1 fully saturated rings. The standard InChI is InChI=1S/C21H29F3N2O3/c1-14(15-5-7-16(8-6-15)21(22,23)24)13-18(27)26-11-9-17(10-12-26)25-19(28)29-20(2,3)4/h5-8,14,17H,9-13H2,1-4H3,(H,25,28). The van der Waals surface area contributed by atoms with Crippen molar-refractivity contribution >= 4 is 12.0 Å². The Morgan fingerprint density at radius 1 is 1.14 bits per heavy atom. The maximum Gasteiger partial charge on any atom is 0.416 e. The van der Waals surface area contributed by atoms with Crippen LogP contribution in [0.15, 0.2) is 24.3 Å². The molecule has 1 aromatic rings. The summed E-state index contributed by atoms with van der Waals surface area (Å²) in [5, 5.41) is 2.83. The number of hydrogen-bond donors (Lipinski definition) is 1. The fraction of sp³-hybridized carbons (Fsp3) is 0.619. The van der Waals surface area contributed by atoms with Gasteiger partial charge in [0.25, 0.3) is 0 Å². The molecular weight excluding hydrogens is 385 g/mol. The smallest absolute Gasteiger partial charge is 0.416 e. The number of amides is 2. The minimum atomic E-state index is -4.37. The molecule has 8 heteroatoms. The Bertz CT molecular complexity index is 703. The molecule has 1 saturated heterocycles. The lowest BCUT2D eigenvalue weighted by molar-refractivity contribution is -0.137. The van der Waals surface area contributed by atoms with E-state index < -0.39 is 23.4 Å². The van der Waals surface area contributed by atoms with Gasteiger partial charge in [0.1, 0.15) is 5.60 Å². The van der Waals surface area contributed by atoms with Crippen LogP contribution < -0.4 is 5.32 Å². The molecule has 1 aromatic carbocycles. The molecule has 0 aromatic heterocycles. The Morgan fingerprint density at radius 2 is 1.69 bits per heavy atom. The van der Waals surface area contributed by atoms with E-state index in [2.05, 4.69) is 5.32 Å². The summed E-state index contributed by atoms with van der Waals surface area (Å²) < 4.78 is 43.3. The summed E-state index contributed by atoms with van der Waals surface area (Å²) in [4.78, 5) is 26.1. The Kier molecular flexibility index (Phi) is 7.19. The van der Waals surface area contributed by atoms with Gasteiger partial charge in [0.2, 0.25) is 5.91 Å². The van der Waals surface area contributed by atoms with Crippen LogP contribution in [0.3, 0.4) is 0 Å². The molecule has 0 saturated carbocycles. The number of halogens is 3. The van der Waals surface area contributed by atoms with Crippen molar-refractivity contribution in [3.8, 4) is 0 Å². The molecule has 1 aliphatic rings. The van der Waals surface area contributed by atoms with Gasteiger partial charge in [0.05, 0.1) is 5.56 Å². The van der Waals surface area contributed by atoms with Crippen LogP contribution in [0.5, 0.6) is 0 Å². The van der Waals surface area contributed by atoms with Crippen molar-refractivity contribution < 1.29 is 27.5 Å². The van der Waals surface area contributed by atoms with E-state index >= 15 is 0 Å². The third kappa shape index (κ3) is 7.25. The normalized spacial score (nSPS) is 17.0. The predicted octanol–water partition coefficient (Wildman–Crippen LogP) is 4.71. The second-order valence-electron chi connectivity index (χ2n) is 8.53. The van der Waals surface area contributed by atoms with E-state index in [0.717, 1.165) is 12.1 Å². The molecule has 1 unspecified atom stereocenters. The molecule has 2 amide bonds. The Balaban J connectivity index is 1.81. The Labute approximate surface area is 169 Å². The number of nitrogens with zero attached hydrogens (tertiary/aromatic N) is 1. The van der Waals surface area contributed by atoms with E-state index in [4.69, 9.17) is 4.74 Å². The maximum absolute atomic E-state index is 12.7. The van der Waals surface area contributed by atoms with Crippen LogP contribution >= 0.6 is 0 Å². The molecule has 0 aliphatic carbocycles. The molecular formula is C21H29F3N2O3. The van der Waals surface area contributed by atoms with Crippen LogP contribution in [0, 0.1) is 0 Å². The monoisotopic (exact) mass is 414 g/mol. The average molecular weight is 414 g/mol. The lowest BCUT2D eigenvalue weighted by Crippen LogP contribution is -2.47. The zero-order valence-electron chi connectivity index (χ0n) is 17.3. The number of hydrogen-bond acceptors (Lipinski definition) is 3. The third-order valence-corrected chi connectivity index (χ3v) is 4.86. The summed E-state index contributed by atoms with van der Waals surface area (Å²) in [6.07, 6.45) is -3.32. The van der Waals surface area contributed by atoms with Gasteiger partial charge in [0.15, 0.2) is 0 Å². The van der Waals surface area contributed by atoms with Gasteiger partial charge in [-0.15, -0.1) is 0 Å². The van der Waals surface area contributed by atoms with Gasteiger partial charge >= 0.3 is 12.3 Å². The second kappa shape index (κ2) is 9.05. The summed E-state index contributed by atoms with van der Waals surface area (Å²) >= 11 is 0. The van der Waals surface area contributed by atoms with Crippen molar-refractivity contribution in [2.75, 3.05) is 13.1 Å². The van der Waals surface area contributed by atoms with Crippen LogP contribution in [0.1, 0.15) is 64.0 Å². The summed E-state index contributed by atoms with van der Waals surface area (Å²) in [6.45, 7) is 8.28. The van der Waals surface area contributed by atoms with Crippen molar-refractivity contribution in [3.05, 3.63) is 35.4 Å². The Morgan fingerprint density at radius 3 is 2.17 bits per heavy atom. The molecule has 162 valence electrons. The molecule has 1 aliphatic heterocycles. The first-order valence-electron chi connectivity index (χ1n) is 9.79. The summed E-state index contributed by atoms with van der Waals surface area (Å²) in [5.74, 6) is -0.212. The number of carbonyl (C=O) groups excluding carboxylic acids is 2. The fourth-order valence-electron chi connectivity index (χ4n) is 3.26. The predicted molar refractivity (Wildman–Crippen MR) is 103 cm³/mol. The lowest BCUT2D eigenvalue weighted by Gasteiger charge is -2.33. The third-order valence-electron chi connectivity index (χ3n) is 4.86. The quantitative estimate of drug-likeness (QED) is 0.776. The van der Waals surface area contributed by atoms with Gasteiger partial charge in [-0.1, -0.05) is 19.1 Å². The molecule has 29 heavy (non-hydrogen) atoms. The van der Waals surface area contributed by atoms with Crippen LogP contribution in [-0.2, 0) is 15.7 Å². The first kappa shape index (κ1) is 23.0. The topological polar surface area (TPSA) is 58.6 Å². The van der Waals surface area contributed by atoms with Crippen molar-refractivity contribution in [1.82, 2.24) is 10.2 Å². The van der Waals surface area contributed by atoms with E-state index in [9.17, 15) is 22.8 Å². The number of likely N-dealkylation sites (tertiary alicyclic amines) is 1. The zero-order chi connectivity index (χ0) is 21.8. The van der Waals surface area contributed by atoms with Gasteiger partial charge < -0.3 is 15.0 Å². The van der Waals surface area contributed by atoms with Gasteiger partial charge in [-0.25, -0.2) is 4.79 Å². The average Bonchev–Trinajstić information content (AvgIpc) is 2.60. The summed E-state index contributed by atoms with van der Waals surface area (Å²) in [5.41, 5.74) is -0.554. The first-order valence-corrected chi connectivity index (χ1v) is 9.79. The van der Waals surface area contributed by atoms with Crippen molar-refractivity contribution in [1.29, 1.82) is 0 Å². The molecule has 5 nitrogen and oxygen atoms in total. The number of alkyl halides is 3. The van der Waals surface area contributed by atoms with Crippen LogP contribution in [0.2, 0.25) is 0 Å². The van der Waals surface area contributed by atoms with Gasteiger partial charge in [-0.3, -0.25) is 4.79 Å². The fourth-order valence-corrected chi connectivity index (χ4v) is 3.26. The first-order chi connectivity index (χ1) is 13.3. The van der Waals surface area contributed by atoms with E-state index in [0.29, 0.717) is 31.5 Å². The summed E-state index contributed by atoms with van der Waals surface area (Å²) in [6, 6.07) is 4.91. The molecule has 0 radical (unpaired) electrons.